The van der Waals surface area contributed by atoms with Gasteiger partial charge in [-0.1, -0.05) is 53.0 Å². The standard InChI is InChI=1S/C23H21Cl2NO4/c1-14-4-3-5-15(8-14)13-30-22-11-19(25)17(10-21(22)29-2)12-26-20-9-16(23(27)28)6-7-18(20)24/h3-11,26H,12-13H2,1-2H3,(H,27,28). The second-order valence-corrected chi connectivity index (χ2v) is 7.54. The van der Waals surface area contributed by atoms with Crippen molar-refractivity contribution in [2.45, 2.75) is 20.1 Å². The molecule has 5 nitrogen and oxygen atoms in total. The molecule has 0 radical (unpaired) electrons. The first-order valence-electron chi connectivity index (χ1n) is 9.19. The number of rotatable bonds is 8. The van der Waals surface area contributed by atoms with Crippen molar-refractivity contribution < 1.29 is 19.4 Å². The molecule has 0 atom stereocenters. The number of nitrogens with one attached hydrogen (secondary N) is 1. The van der Waals surface area contributed by atoms with E-state index in [-0.39, 0.29) is 5.56 Å². The number of aromatic carboxylic acids is 1. The summed E-state index contributed by atoms with van der Waals surface area (Å²) in [5.74, 6) is 0.0671. The zero-order valence-corrected chi connectivity index (χ0v) is 18.1. The van der Waals surface area contributed by atoms with E-state index in [0.717, 1.165) is 16.7 Å². The minimum atomic E-state index is -1.02. The maximum Gasteiger partial charge on any atom is 0.335 e. The number of hydrogen-bond acceptors (Lipinski definition) is 4. The van der Waals surface area contributed by atoms with Crippen molar-refractivity contribution in [1.82, 2.24) is 0 Å². The van der Waals surface area contributed by atoms with Crippen molar-refractivity contribution in [3.63, 3.8) is 0 Å². The van der Waals surface area contributed by atoms with Crippen molar-refractivity contribution in [2.75, 3.05) is 12.4 Å². The van der Waals surface area contributed by atoms with Crippen LogP contribution in [0.15, 0.2) is 54.6 Å². The maximum atomic E-state index is 11.2. The second-order valence-electron chi connectivity index (χ2n) is 6.73. The van der Waals surface area contributed by atoms with Crippen LogP contribution in [0.1, 0.15) is 27.0 Å². The van der Waals surface area contributed by atoms with Gasteiger partial charge in [-0.15, -0.1) is 0 Å². The lowest BCUT2D eigenvalue weighted by Crippen LogP contribution is -2.04. The molecule has 0 bridgehead atoms. The summed E-state index contributed by atoms with van der Waals surface area (Å²) in [6.07, 6.45) is 0. The first kappa shape index (κ1) is 21.8. The van der Waals surface area contributed by atoms with Crippen LogP contribution in [0.4, 0.5) is 5.69 Å². The Morgan fingerprint density at radius 1 is 1.03 bits per heavy atom. The number of hydrogen-bond donors (Lipinski definition) is 2. The zero-order valence-electron chi connectivity index (χ0n) is 16.5. The Bertz CT molecular complexity index is 1070. The summed E-state index contributed by atoms with van der Waals surface area (Å²) in [6.45, 7) is 2.75. The van der Waals surface area contributed by atoms with E-state index in [1.54, 1.807) is 19.2 Å². The lowest BCUT2D eigenvalue weighted by atomic mass is 10.1. The highest BCUT2D eigenvalue weighted by Gasteiger charge is 2.13. The Labute approximate surface area is 185 Å². The monoisotopic (exact) mass is 445 g/mol. The van der Waals surface area contributed by atoms with E-state index in [9.17, 15) is 4.79 Å². The van der Waals surface area contributed by atoms with E-state index >= 15 is 0 Å². The van der Waals surface area contributed by atoms with Gasteiger partial charge in [0.2, 0.25) is 0 Å². The van der Waals surface area contributed by atoms with Gasteiger partial charge in [0.15, 0.2) is 11.5 Å². The summed E-state index contributed by atoms with van der Waals surface area (Å²) >= 11 is 12.6. The minimum absolute atomic E-state index is 0.144. The van der Waals surface area contributed by atoms with E-state index in [4.69, 9.17) is 37.8 Å². The molecule has 3 aromatic rings. The van der Waals surface area contributed by atoms with Gasteiger partial charge in [0, 0.05) is 17.6 Å². The van der Waals surface area contributed by atoms with Crippen molar-refractivity contribution in [3.8, 4) is 11.5 Å². The lowest BCUT2D eigenvalue weighted by Gasteiger charge is -2.15. The third kappa shape index (κ3) is 5.38. The SMILES string of the molecule is COc1cc(CNc2cc(C(=O)O)ccc2Cl)c(Cl)cc1OCc1cccc(C)c1. The summed E-state index contributed by atoms with van der Waals surface area (Å²) < 4.78 is 11.4. The molecule has 0 unspecified atom stereocenters. The molecule has 0 saturated carbocycles. The Kier molecular flexibility index (Phi) is 7.08. The number of ether oxygens (including phenoxy) is 2. The van der Waals surface area contributed by atoms with Crippen LogP contribution >= 0.6 is 23.2 Å². The fraction of sp³-hybridized carbons (Fsp3) is 0.174. The van der Waals surface area contributed by atoms with Gasteiger partial charge in [-0.2, -0.15) is 0 Å². The second kappa shape index (κ2) is 9.74. The molecule has 0 aliphatic heterocycles. The average Bonchev–Trinajstić information content (AvgIpc) is 2.72. The normalized spacial score (nSPS) is 10.5. The topological polar surface area (TPSA) is 67.8 Å². The first-order valence-corrected chi connectivity index (χ1v) is 9.94. The number of halogens is 2. The molecule has 156 valence electrons. The van der Waals surface area contributed by atoms with Crippen LogP contribution in [0.25, 0.3) is 0 Å². The van der Waals surface area contributed by atoms with Crippen molar-refractivity contribution in [3.05, 3.63) is 86.9 Å². The van der Waals surface area contributed by atoms with Gasteiger partial charge in [-0.25, -0.2) is 4.79 Å². The molecule has 0 fully saturated rings. The van der Waals surface area contributed by atoms with Crippen molar-refractivity contribution in [1.29, 1.82) is 0 Å². The number of carbonyl (C=O) groups is 1. The molecule has 0 aliphatic carbocycles. The summed E-state index contributed by atoms with van der Waals surface area (Å²) in [6, 6.07) is 16.0. The van der Waals surface area contributed by atoms with Gasteiger partial charge >= 0.3 is 5.97 Å². The minimum Gasteiger partial charge on any atom is -0.493 e. The molecule has 0 saturated heterocycles. The van der Waals surface area contributed by atoms with Gasteiger partial charge in [0.25, 0.3) is 0 Å². The molecule has 3 rings (SSSR count). The van der Waals surface area contributed by atoms with E-state index in [0.29, 0.717) is 40.4 Å². The zero-order chi connectivity index (χ0) is 21.7. The molecule has 0 aliphatic rings. The van der Waals surface area contributed by atoms with Gasteiger partial charge in [0.05, 0.1) is 23.4 Å². The van der Waals surface area contributed by atoms with E-state index in [2.05, 4.69) is 11.4 Å². The van der Waals surface area contributed by atoms with Gasteiger partial charge in [-0.05, 0) is 42.3 Å². The summed E-state index contributed by atoms with van der Waals surface area (Å²) in [5.41, 5.74) is 3.62. The highest BCUT2D eigenvalue weighted by Crippen LogP contribution is 2.35. The number of carboxylic acid groups (broad SMARTS) is 1. The number of aryl methyl sites for hydroxylation is 1. The molecule has 0 spiro atoms. The number of methoxy groups -OCH3 is 1. The largest absolute Gasteiger partial charge is 0.493 e. The van der Waals surface area contributed by atoms with Crippen LogP contribution in [-0.2, 0) is 13.2 Å². The summed E-state index contributed by atoms with van der Waals surface area (Å²) in [5, 5.41) is 13.2. The predicted octanol–water partition coefficient (Wildman–Crippen LogP) is 6.20. The third-order valence-electron chi connectivity index (χ3n) is 4.49. The van der Waals surface area contributed by atoms with Crippen LogP contribution in [0.2, 0.25) is 10.0 Å². The fourth-order valence-corrected chi connectivity index (χ4v) is 3.34. The molecule has 2 N–H and O–H groups in total. The Morgan fingerprint density at radius 3 is 2.53 bits per heavy atom. The molecular weight excluding hydrogens is 425 g/mol. The smallest absolute Gasteiger partial charge is 0.335 e. The highest BCUT2D eigenvalue weighted by atomic mass is 35.5. The van der Waals surface area contributed by atoms with Crippen LogP contribution < -0.4 is 14.8 Å². The number of benzene rings is 3. The lowest BCUT2D eigenvalue weighted by molar-refractivity contribution is 0.0697. The Balaban J connectivity index is 1.75. The molecular formula is C23H21Cl2NO4. The quantitative estimate of drug-likeness (QED) is 0.431. The van der Waals surface area contributed by atoms with Crippen LogP contribution in [0.5, 0.6) is 11.5 Å². The highest BCUT2D eigenvalue weighted by molar-refractivity contribution is 6.33. The summed E-state index contributed by atoms with van der Waals surface area (Å²) in [4.78, 5) is 11.2. The van der Waals surface area contributed by atoms with Crippen LogP contribution in [0, 0.1) is 6.92 Å². The molecule has 0 heterocycles. The van der Waals surface area contributed by atoms with Crippen LogP contribution in [-0.4, -0.2) is 18.2 Å². The van der Waals surface area contributed by atoms with Gasteiger partial charge in [0.1, 0.15) is 6.61 Å². The van der Waals surface area contributed by atoms with Gasteiger partial charge in [-0.3, -0.25) is 0 Å². The number of anilines is 1. The van der Waals surface area contributed by atoms with Crippen molar-refractivity contribution >= 4 is 34.9 Å². The van der Waals surface area contributed by atoms with Crippen molar-refractivity contribution in [2.24, 2.45) is 0 Å². The third-order valence-corrected chi connectivity index (χ3v) is 5.17. The molecule has 30 heavy (non-hydrogen) atoms. The first-order chi connectivity index (χ1) is 14.4. The summed E-state index contributed by atoms with van der Waals surface area (Å²) in [7, 11) is 1.56. The molecule has 0 aromatic heterocycles. The van der Waals surface area contributed by atoms with E-state index < -0.39 is 5.97 Å². The van der Waals surface area contributed by atoms with E-state index in [1.807, 2.05) is 25.1 Å². The Morgan fingerprint density at radius 2 is 1.83 bits per heavy atom. The molecule has 7 heteroatoms. The molecule has 0 amide bonds. The fourth-order valence-electron chi connectivity index (χ4n) is 2.93. The number of carboxylic acids is 1. The average molecular weight is 446 g/mol. The predicted molar refractivity (Wildman–Crippen MR) is 119 cm³/mol. The Hall–Kier alpha value is -2.89. The molecule has 3 aromatic carbocycles. The van der Waals surface area contributed by atoms with E-state index in [1.165, 1.54) is 18.2 Å². The maximum absolute atomic E-state index is 11.2. The van der Waals surface area contributed by atoms with Gasteiger partial charge < -0.3 is 19.9 Å². The van der Waals surface area contributed by atoms with Crippen LogP contribution in [0.3, 0.4) is 0 Å².